The third-order valence-electron chi connectivity index (χ3n) is 2.90. The maximum atomic E-state index is 5.77. The van der Waals surface area contributed by atoms with E-state index in [0.717, 1.165) is 28.4 Å². The molecule has 1 heterocycles. The SMILES string of the molecule is Cc1ccc(N)cc1NCc1c(C)noc1C. The van der Waals surface area contributed by atoms with E-state index in [2.05, 4.69) is 17.4 Å². The van der Waals surface area contributed by atoms with Crippen molar-refractivity contribution in [2.45, 2.75) is 27.3 Å². The van der Waals surface area contributed by atoms with Crippen molar-refractivity contribution >= 4 is 11.4 Å². The average Bonchev–Trinajstić information content (AvgIpc) is 2.61. The van der Waals surface area contributed by atoms with Crippen LogP contribution in [0.4, 0.5) is 11.4 Å². The normalized spacial score (nSPS) is 10.5. The van der Waals surface area contributed by atoms with Gasteiger partial charge in [0, 0.05) is 23.5 Å². The topological polar surface area (TPSA) is 64.1 Å². The number of anilines is 2. The molecule has 0 spiro atoms. The van der Waals surface area contributed by atoms with Crippen LogP contribution in [0, 0.1) is 20.8 Å². The number of benzene rings is 1. The Labute approximate surface area is 101 Å². The number of nitrogens with zero attached hydrogens (tertiary/aromatic N) is 1. The zero-order chi connectivity index (χ0) is 12.4. The maximum absolute atomic E-state index is 5.77. The van der Waals surface area contributed by atoms with Gasteiger partial charge in [0.25, 0.3) is 0 Å². The smallest absolute Gasteiger partial charge is 0.138 e. The predicted molar refractivity (Wildman–Crippen MR) is 68.9 cm³/mol. The molecule has 0 aliphatic rings. The quantitative estimate of drug-likeness (QED) is 0.797. The molecule has 0 aliphatic carbocycles. The molecule has 2 aromatic rings. The molecule has 4 nitrogen and oxygen atoms in total. The van der Waals surface area contributed by atoms with Crippen LogP contribution < -0.4 is 11.1 Å². The number of hydrogen-bond acceptors (Lipinski definition) is 4. The minimum atomic E-state index is 0.700. The number of nitrogens with two attached hydrogens (primary N) is 1. The number of rotatable bonds is 3. The van der Waals surface area contributed by atoms with Crippen molar-refractivity contribution in [2.24, 2.45) is 0 Å². The minimum absolute atomic E-state index is 0.700. The molecular formula is C13H17N3O. The van der Waals surface area contributed by atoms with Gasteiger partial charge in [-0.1, -0.05) is 11.2 Å². The fourth-order valence-electron chi connectivity index (χ4n) is 1.77. The highest BCUT2D eigenvalue weighted by atomic mass is 16.5. The molecule has 0 amide bonds. The summed E-state index contributed by atoms with van der Waals surface area (Å²) >= 11 is 0. The first kappa shape index (κ1) is 11.5. The van der Waals surface area contributed by atoms with Gasteiger partial charge in [-0.25, -0.2) is 0 Å². The first-order chi connectivity index (χ1) is 8.08. The lowest BCUT2D eigenvalue weighted by Gasteiger charge is -2.10. The van der Waals surface area contributed by atoms with Gasteiger partial charge in [0.05, 0.1) is 5.69 Å². The predicted octanol–water partition coefficient (Wildman–Crippen LogP) is 2.79. The molecule has 0 saturated carbocycles. The lowest BCUT2D eigenvalue weighted by molar-refractivity contribution is 0.392. The van der Waals surface area contributed by atoms with E-state index in [4.69, 9.17) is 10.3 Å². The van der Waals surface area contributed by atoms with E-state index in [1.165, 1.54) is 5.56 Å². The molecule has 0 aliphatic heterocycles. The number of nitrogen functional groups attached to an aromatic ring is 1. The summed E-state index contributed by atoms with van der Waals surface area (Å²) in [5.74, 6) is 0.858. The Morgan fingerprint density at radius 1 is 1.29 bits per heavy atom. The van der Waals surface area contributed by atoms with Crippen LogP contribution in [0.2, 0.25) is 0 Å². The van der Waals surface area contributed by atoms with Crippen molar-refractivity contribution in [1.29, 1.82) is 0 Å². The fraction of sp³-hybridized carbons (Fsp3) is 0.308. The Bertz CT molecular complexity index is 512. The molecule has 2 rings (SSSR count). The average molecular weight is 231 g/mol. The Hall–Kier alpha value is -1.97. The van der Waals surface area contributed by atoms with Crippen molar-refractivity contribution in [3.63, 3.8) is 0 Å². The summed E-state index contributed by atoms with van der Waals surface area (Å²) in [4.78, 5) is 0. The number of nitrogens with one attached hydrogen (secondary N) is 1. The molecule has 0 fully saturated rings. The standard InChI is InChI=1S/C13H17N3O/c1-8-4-5-11(14)6-13(8)15-7-12-9(2)16-17-10(12)3/h4-6,15H,7,14H2,1-3H3. The Balaban J connectivity index is 2.15. The number of aryl methyl sites for hydroxylation is 3. The van der Waals surface area contributed by atoms with Crippen LogP contribution in [0.5, 0.6) is 0 Å². The second-order valence-corrected chi connectivity index (χ2v) is 4.23. The molecule has 0 atom stereocenters. The Kier molecular flexibility index (Phi) is 3.04. The lowest BCUT2D eigenvalue weighted by Crippen LogP contribution is -2.03. The summed E-state index contributed by atoms with van der Waals surface area (Å²) < 4.78 is 5.12. The van der Waals surface area contributed by atoms with E-state index in [-0.39, 0.29) is 0 Å². The van der Waals surface area contributed by atoms with E-state index in [0.29, 0.717) is 6.54 Å². The third-order valence-corrected chi connectivity index (χ3v) is 2.90. The highest BCUT2D eigenvalue weighted by Crippen LogP contribution is 2.20. The van der Waals surface area contributed by atoms with Crippen LogP contribution in [0.25, 0.3) is 0 Å². The van der Waals surface area contributed by atoms with Crippen LogP contribution >= 0.6 is 0 Å². The summed E-state index contributed by atoms with van der Waals surface area (Å²) in [6.45, 7) is 6.61. The Morgan fingerprint density at radius 3 is 2.71 bits per heavy atom. The van der Waals surface area contributed by atoms with Crippen molar-refractivity contribution in [3.8, 4) is 0 Å². The highest BCUT2D eigenvalue weighted by molar-refractivity contribution is 5.59. The van der Waals surface area contributed by atoms with Gasteiger partial charge >= 0.3 is 0 Å². The Morgan fingerprint density at radius 2 is 2.06 bits per heavy atom. The van der Waals surface area contributed by atoms with Gasteiger partial charge in [0.1, 0.15) is 5.76 Å². The monoisotopic (exact) mass is 231 g/mol. The molecule has 4 heteroatoms. The van der Waals surface area contributed by atoms with Gasteiger partial charge in [-0.15, -0.1) is 0 Å². The fourth-order valence-corrected chi connectivity index (χ4v) is 1.77. The molecule has 0 radical (unpaired) electrons. The molecular weight excluding hydrogens is 214 g/mol. The first-order valence-electron chi connectivity index (χ1n) is 5.59. The zero-order valence-corrected chi connectivity index (χ0v) is 10.4. The summed E-state index contributed by atoms with van der Waals surface area (Å²) in [6.07, 6.45) is 0. The number of aromatic nitrogens is 1. The van der Waals surface area contributed by atoms with Gasteiger partial charge in [0.15, 0.2) is 0 Å². The lowest BCUT2D eigenvalue weighted by atomic mass is 10.1. The highest BCUT2D eigenvalue weighted by Gasteiger charge is 2.08. The second-order valence-electron chi connectivity index (χ2n) is 4.23. The van der Waals surface area contributed by atoms with Gasteiger partial charge in [-0.3, -0.25) is 0 Å². The summed E-state index contributed by atoms with van der Waals surface area (Å²) in [5, 5.41) is 7.29. The second kappa shape index (κ2) is 4.49. The van der Waals surface area contributed by atoms with E-state index in [1.807, 2.05) is 32.0 Å². The molecule has 1 aromatic heterocycles. The molecule has 0 bridgehead atoms. The summed E-state index contributed by atoms with van der Waals surface area (Å²) in [6, 6.07) is 5.84. The van der Waals surface area contributed by atoms with Crippen molar-refractivity contribution < 1.29 is 4.52 Å². The van der Waals surface area contributed by atoms with Gasteiger partial charge in [-0.2, -0.15) is 0 Å². The summed E-state index contributed by atoms with van der Waals surface area (Å²) in [7, 11) is 0. The molecule has 17 heavy (non-hydrogen) atoms. The van der Waals surface area contributed by atoms with Crippen LogP contribution in [0.1, 0.15) is 22.6 Å². The minimum Gasteiger partial charge on any atom is -0.399 e. The first-order valence-corrected chi connectivity index (χ1v) is 5.59. The van der Waals surface area contributed by atoms with Crippen molar-refractivity contribution in [1.82, 2.24) is 5.16 Å². The van der Waals surface area contributed by atoms with Gasteiger partial charge in [-0.05, 0) is 38.5 Å². The molecule has 90 valence electrons. The van der Waals surface area contributed by atoms with E-state index in [1.54, 1.807) is 0 Å². The van der Waals surface area contributed by atoms with Crippen LogP contribution in [-0.2, 0) is 6.54 Å². The molecule has 3 N–H and O–H groups in total. The van der Waals surface area contributed by atoms with Crippen molar-refractivity contribution in [3.05, 3.63) is 40.8 Å². The van der Waals surface area contributed by atoms with E-state index < -0.39 is 0 Å². The van der Waals surface area contributed by atoms with E-state index in [9.17, 15) is 0 Å². The summed E-state index contributed by atoms with van der Waals surface area (Å²) in [5.41, 5.74) is 10.8. The largest absolute Gasteiger partial charge is 0.399 e. The van der Waals surface area contributed by atoms with Crippen molar-refractivity contribution in [2.75, 3.05) is 11.1 Å². The van der Waals surface area contributed by atoms with Crippen LogP contribution in [0.15, 0.2) is 22.7 Å². The van der Waals surface area contributed by atoms with E-state index >= 15 is 0 Å². The van der Waals surface area contributed by atoms with Gasteiger partial charge in [0.2, 0.25) is 0 Å². The third kappa shape index (κ3) is 2.41. The molecule has 1 aromatic carbocycles. The van der Waals surface area contributed by atoms with Crippen LogP contribution in [-0.4, -0.2) is 5.16 Å². The molecule has 0 saturated heterocycles. The number of hydrogen-bond donors (Lipinski definition) is 2. The zero-order valence-electron chi connectivity index (χ0n) is 10.4. The van der Waals surface area contributed by atoms with Gasteiger partial charge < -0.3 is 15.6 Å². The molecule has 0 unspecified atom stereocenters. The maximum Gasteiger partial charge on any atom is 0.138 e. The van der Waals surface area contributed by atoms with Crippen LogP contribution in [0.3, 0.4) is 0 Å².